The average molecular weight is 454 g/mol. The van der Waals surface area contributed by atoms with Crippen LogP contribution in [0.1, 0.15) is 30.5 Å². The SMILES string of the molecule is COc1cc(/C=C(/C#N)C(=O)NC(C)C)c(Br)cc1OCc1ccccc1C#N. The van der Waals surface area contributed by atoms with Crippen molar-refractivity contribution in [3.05, 3.63) is 63.1 Å². The average Bonchev–Trinajstić information content (AvgIpc) is 2.70. The van der Waals surface area contributed by atoms with Gasteiger partial charge in [-0.2, -0.15) is 10.5 Å². The number of amides is 1. The van der Waals surface area contributed by atoms with E-state index in [9.17, 15) is 15.3 Å². The van der Waals surface area contributed by atoms with E-state index >= 15 is 0 Å². The number of carbonyl (C=O) groups is 1. The van der Waals surface area contributed by atoms with Crippen LogP contribution in [0.5, 0.6) is 11.5 Å². The summed E-state index contributed by atoms with van der Waals surface area (Å²) in [7, 11) is 1.50. The number of nitrogens with one attached hydrogen (secondary N) is 1. The van der Waals surface area contributed by atoms with Gasteiger partial charge in [-0.3, -0.25) is 4.79 Å². The number of benzene rings is 2. The zero-order chi connectivity index (χ0) is 21.4. The molecule has 2 rings (SSSR count). The number of methoxy groups -OCH3 is 1. The lowest BCUT2D eigenvalue weighted by Crippen LogP contribution is -2.30. The minimum atomic E-state index is -0.443. The Balaban J connectivity index is 2.31. The van der Waals surface area contributed by atoms with Gasteiger partial charge in [-0.25, -0.2) is 0 Å². The molecule has 0 aliphatic carbocycles. The number of nitrogens with zero attached hydrogens (tertiary/aromatic N) is 2. The van der Waals surface area contributed by atoms with E-state index in [1.807, 2.05) is 32.0 Å². The predicted octanol–water partition coefficient (Wildman–Crippen LogP) is 4.34. The number of nitriles is 2. The van der Waals surface area contributed by atoms with Crippen LogP contribution in [0, 0.1) is 22.7 Å². The molecular formula is C22H20BrN3O3. The van der Waals surface area contributed by atoms with Crippen molar-refractivity contribution in [2.75, 3.05) is 7.11 Å². The van der Waals surface area contributed by atoms with Crippen LogP contribution < -0.4 is 14.8 Å². The molecule has 29 heavy (non-hydrogen) atoms. The second-order valence-corrected chi connectivity index (χ2v) is 7.23. The van der Waals surface area contributed by atoms with Crippen molar-refractivity contribution in [2.24, 2.45) is 0 Å². The first-order valence-electron chi connectivity index (χ1n) is 8.80. The molecule has 0 saturated heterocycles. The van der Waals surface area contributed by atoms with Gasteiger partial charge in [0.25, 0.3) is 5.91 Å². The van der Waals surface area contributed by atoms with E-state index in [1.54, 1.807) is 24.3 Å². The van der Waals surface area contributed by atoms with Crippen molar-refractivity contribution in [2.45, 2.75) is 26.5 Å². The lowest BCUT2D eigenvalue weighted by molar-refractivity contribution is -0.117. The van der Waals surface area contributed by atoms with Crippen LogP contribution in [-0.4, -0.2) is 19.1 Å². The second kappa shape index (κ2) is 10.3. The van der Waals surface area contributed by atoms with E-state index < -0.39 is 5.91 Å². The van der Waals surface area contributed by atoms with Crippen LogP contribution in [0.3, 0.4) is 0 Å². The summed E-state index contributed by atoms with van der Waals surface area (Å²) in [6, 6.07) is 14.5. The van der Waals surface area contributed by atoms with Crippen molar-refractivity contribution < 1.29 is 14.3 Å². The van der Waals surface area contributed by atoms with E-state index in [4.69, 9.17) is 9.47 Å². The first-order chi connectivity index (χ1) is 13.9. The van der Waals surface area contributed by atoms with Gasteiger partial charge in [0.05, 0.1) is 18.7 Å². The summed E-state index contributed by atoms with van der Waals surface area (Å²) in [6.07, 6.45) is 1.49. The van der Waals surface area contributed by atoms with Gasteiger partial charge in [0.1, 0.15) is 18.2 Å². The maximum atomic E-state index is 12.1. The summed E-state index contributed by atoms with van der Waals surface area (Å²) >= 11 is 3.45. The Hall–Kier alpha value is -3.29. The predicted molar refractivity (Wildman–Crippen MR) is 113 cm³/mol. The lowest BCUT2D eigenvalue weighted by atomic mass is 10.1. The summed E-state index contributed by atoms with van der Waals surface area (Å²) in [5.74, 6) is 0.464. The van der Waals surface area contributed by atoms with Crippen molar-refractivity contribution >= 4 is 27.9 Å². The molecule has 0 fully saturated rings. The first kappa shape index (κ1) is 22.0. The molecule has 0 saturated carbocycles. The van der Waals surface area contributed by atoms with E-state index in [2.05, 4.69) is 27.3 Å². The summed E-state index contributed by atoms with van der Waals surface area (Å²) in [5.41, 5.74) is 1.88. The fourth-order valence-corrected chi connectivity index (χ4v) is 2.93. The maximum absolute atomic E-state index is 12.1. The van der Waals surface area contributed by atoms with Gasteiger partial charge in [0, 0.05) is 16.1 Å². The van der Waals surface area contributed by atoms with Crippen LogP contribution in [0.15, 0.2) is 46.4 Å². The third-order valence-electron chi connectivity index (χ3n) is 3.89. The molecule has 2 aromatic carbocycles. The van der Waals surface area contributed by atoms with Crippen LogP contribution in [-0.2, 0) is 11.4 Å². The number of ether oxygens (including phenoxy) is 2. The summed E-state index contributed by atoms with van der Waals surface area (Å²) in [5, 5.41) is 21.2. The zero-order valence-corrected chi connectivity index (χ0v) is 17.9. The van der Waals surface area contributed by atoms with Crippen molar-refractivity contribution in [1.29, 1.82) is 10.5 Å². The summed E-state index contributed by atoms with van der Waals surface area (Å²) in [6.45, 7) is 3.84. The number of hydrogen-bond acceptors (Lipinski definition) is 5. The molecule has 0 atom stereocenters. The fourth-order valence-electron chi connectivity index (χ4n) is 2.49. The molecule has 0 aliphatic heterocycles. The lowest BCUT2D eigenvalue weighted by Gasteiger charge is -2.14. The molecule has 1 amide bonds. The topological polar surface area (TPSA) is 95.1 Å². The van der Waals surface area contributed by atoms with Gasteiger partial charge in [0.15, 0.2) is 11.5 Å². The minimum Gasteiger partial charge on any atom is -0.493 e. The standard InChI is InChI=1S/C22H20BrN3O3/c1-14(2)26-22(27)18(12-25)8-17-9-20(28-3)21(10-19(17)23)29-13-16-7-5-4-6-15(16)11-24/h4-10,14H,13H2,1-3H3,(H,26,27)/b18-8-. The molecule has 148 valence electrons. The molecule has 0 aromatic heterocycles. The second-order valence-electron chi connectivity index (χ2n) is 6.38. The molecule has 1 N–H and O–H groups in total. The van der Waals surface area contributed by atoms with E-state index in [-0.39, 0.29) is 18.2 Å². The highest BCUT2D eigenvalue weighted by Crippen LogP contribution is 2.35. The molecule has 6 nitrogen and oxygen atoms in total. The monoisotopic (exact) mass is 453 g/mol. The smallest absolute Gasteiger partial charge is 0.262 e. The Kier molecular flexibility index (Phi) is 7.82. The number of hydrogen-bond donors (Lipinski definition) is 1. The van der Waals surface area contributed by atoms with Gasteiger partial charge in [0.2, 0.25) is 0 Å². The van der Waals surface area contributed by atoms with Gasteiger partial charge >= 0.3 is 0 Å². The molecule has 0 spiro atoms. The molecular weight excluding hydrogens is 434 g/mol. The molecule has 0 heterocycles. The van der Waals surface area contributed by atoms with E-state index in [0.29, 0.717) is 27.1 Å². The Labute approximate surface area is 178 Å². The normalized spacial score (nSPS) is 10.8. The number of halogens is 1. The van der Waals surface area contributed by atoms with Crippen LogP contribution >= 0.6 is 15.9 Å². The Bertz CT molecular complexity index is 1020. The highest BCUT2D eigenvalue weighted by atomic mass is 79.9. The van der Waals surface area contributed by atoms with Crippen molar-refractivity contribution in [1.82, 2.24) is 5.32 Å². The van der Waals surface area contributed by atoms with Crippen molar-refractivity contribution in [3.63, 3.8) is 0 Å². The maximum Gasteiger partial charge on any atom is 0.262 e. The highest BCUT2D eigenvalue weighted by molar-refractivity contribution is 9.10. The molecule has 7 heteroatoms. The molecule has 0 bridgehead atoms. The third kappa shape index (κ3) is 5.84. The summed E-state index contributed by atoms with van der Waals surface area (Å²) < 4.78 is 11.9. The Morgan fingerprint density at radius 3 is 2.59 bits per heavy atom. The third-order valence-corrected chi connectivity index (χ3v) is 4.58. The molecule has 2 aromatic rings. The first-order valence-corrected chi connectivity index (χ1v) is 9.59. The summed E-state index contributed by atoms with van der Waals surface area (Å²) in [4.78, 5) is 12.1. The van der Waals surface area contributed by atoms with Gasteiger partial charge in [-0.15, -0.1) is 0 Å². The van der Waals surface area contributed by atoms with Gasteiger partial charge in [-0.1, -0.05) is 34.1 Å². The number of rotatable bonds is 7. The van der Waals surface area contributed by atoms with Crippen LogP contribution in [0.25, 0.3) is 6.08 Å². The quantitative estimate of drug-likeness (QED) is 0.496. The van der Waals surface area contributed by atoms with E-state index in [0.717, 1.165) is 5.56 Å². The Morgan fingerprint density at radius 1 is 1.24 bits per heavy atom. The highest BCUT2D eigenvalue weighted by Gasteiger charge is 2.14. The van der Waals surface area contributed by atoms with E-state index in [1.165, 1.54) is 13.2 Å². The molecule has 0 radical (unpaired) electrons. The van der Waals surface area contributed by atoms with Crippen LogP contribution in [0.2, 0.25) is 0 Å². The molecule has 0 aliphatic rings. The minimum absolute atomic E-state index is 0.0157. The zero-order valence-electron chi connectivity index (χ0n) is 16.3. The molecule has 0 unspecified atom stereocenters. The largest absolute Gasteiger partial charge is 0.493 e. The number of carbonyl (C=O) groups excluding carboxylic acids is 1. The van der Waals surface area contributed by atoms with Crippen LogP contribution in [0.4, 0.5) is 0 Å². The van der Waals surface area contributed by atoms with Gasteiger partial charge < -0.3 is 14.8 Å². The van der Waals surface area contributed by atoms with Crippen molar-refractivity contribution in [3.8, 4) is 23.6 Å². The van der Waals surface area contributed by atoms with Gasteiger partial charge in [-0.05, 0) is 43.7 Å². The Morgan fingerprint density at radius 2 is 1.97 bits per heavy atom. The fraction of sp³-hybridized carbons (Fsp3) is 0.227.